The lowest BCUT2D eigenvalue weighted by atomic mass is 10.1. The van der Waals surface area contributed by atoms with Crippen LogP contribution in [0, 0.1) is 0 Å². The largest absolute Gasteiger partial charge is 0.450 e. The number of hydrogen-bond donors (Lipinski definition) is 2. The third-order valence-electron chi connectivity index (χ3n) is 2.77. The molecule has 0 aliphatic rings. The van der Waals surface area contributed by atoms with Gasteiger partial charge in [-0.1, -0.05) is 37.3 Å². The number of nitrogens with one attached hydrogen (secondary N) is 1. The normalized spacial score (nSPS) is 11.2. The molecule has 112 valence electrons. The predicted molar refractivity (Wildman–Crippen MR) is 85.4 cm³/mol. The number of aliphatic hydroxyl groups is 1. The van der Waals surface area contributed by atoms with Crippen LogP contribution in [0.2, 0.25) is 30.7 Å². The van der Waals surface area contributed by atoms with Crippen LogP contribution in [0.25, 0.3) is 0 Å². The molecule has 0 aromatic heterocycles. The Balaban J connectivity index is 2.48. The minimum Gasteiger partial charge on any atom is -0.450 e. The van der Waals surface area contributed by atoms with Gasteiger partial charge in [0.05, 0.1) is 6.61 Å². The van der Waals surface area contributed by atoms with Crippen LogP contribution in [0.1, 0.15) is 5.56 Å². The highest BCUT2D eigenvalue weighted by Crippen LogP contribution is 2.21. The molecule has 6 heteroatoms. The van der Waals surface area contributed by atoms with Crippen LogP contribution in [0.4, 0.5) is 10.5 Å². The van der Waals surface area contributed by atoms with E-state index >= 15 is 0 Å². The Bertz CT molecular complexity index is 460. The van der Waals surface area contributed by atoms with E-state index in [9.17, 15) is 4.79 Å². The van der Waals surface area contributed by atoms with E-state index in [4.69, 9.17) is 21.4 Å². The number of anilines is 1. The molecule has 0 bridgehead atoms. The van der Waals surface area contributed by atoms with Gasteiger partial charge in [0, 0.05) is 25.4 Å². The summed E-state index contributed by atoms with van der Waals surface area (Å²) >= 11 is 6.06. The van der Waals surface area contributed by atoms with E-state index in [1.165, 1.54) is 0 Å². The maximum absolute atomic E-state index is 11.6. The minimum absolute atomic E-state index is 0.0469. The first kappa shape index (κ1) is 17.0. The van der Waals surface area contributed by atoms with Crippen LogP contribution in [-0.2, 0) is 11.2 Å². The predicted octanol–water partition coefficient (Wildman–Crippen LogP) is 3.76. The van der Waals surface area contributed by atoms with Crippen LogP contribution in [0.3, 0.4) is 0 Å². The van der Waals surface area contributed by atoms with Gasteiger partial charge in [-0.2, -0.15) is 0 Å². The molecule has 0 atom stereocenters. The number of halogens is 1. The maximum Gasteiger partial charge on any atom is 0.411 e. The Labute approximate surface area is 126 Å². The van der Waals surface area contributed by atoms with E-state index in [1.54, 1.807) is 18.2 Å². The van der Waals surface area contributed by atoms with E-state index in [0.717, 1.165) is 11.6 Å². The summed E-state index contributed by atoms with van der Waals surface area (Å²) in [5.74, 6) is 0. The van der Waals surface area contributed by atoms with Crippen LogP contribution in [0.15, 0.2) is 18.2 Å². The third-order valence-corrected chi connectivity index (χ3v) is 4.82. The fourth-order valence-corrected chi connectivity index (χ4v) is 2.54. The van der Waals surface area contributed by atoms with E-state index < -0.39 is 14.2 Å². The fraction of sp³-hybridized carbons (Fsp3) is 0.500. The van der Waals surface area contributed by atoms with Gasteiger partial charge in [-0.15, -0.1) is 0 Å². The highest BCUT2D eigenvalue weighted by molar-refractivity contribution is 6.76. The zero-order valence-corrected chi connectivity index (χ0v) is 14.0. The Kier molecular flexibility index (Phi) is 6.52. The molecule has 0 saturated heterocycles. The van der Waals surface area contributed by atoms with Crippen molar-refractivity contribution >= 4 is 31.5 Å². The molecule has 1 aromatic carbocycles. The number of hydrogen-bond acceptors (Lipinski definition) is 3. The summed E-state index contributed by atoms with van der Waals surface area (Å²) in [6, 6.07) is 6.13. The third kappa shape index (κ3) is 6.41. The maximum atomic E-state index is 11.6. The van der Waals surface area contributed by atoms with Gasteiger partial charge in [-0.25, -0.2) is 4.79 Å². The van der Waals surface area contributed by atoms with Crippen molar-refractivity contribution in [3.8, 4) is 0 Å². The van der Waals surface area contributed by atoms with E-state index in [0.29, 0.717) is 23.7 Å². The van der Waals surface area contributed by atoms with Crippen molar-refractivity contribution in [3.63, 3.8) is 0 Å². The minimum atomic E-state index is -1.19. The van der Waals surface area contributed by atoms with Crippen molar-refractivity contribution in [2.75, 3.05) is 18.5 Å². The number of benzene rings is 1. The molecule has 1 amide bonds. The quantitative estimate of drug-likeness (QED) is 0.786. The van der Waals surface area contributed by atoms with Crippen molar-refractivity contribution in [3.05, 3.63) is 28.8 Å². The number of carbonyl (C=O) groups is 1. The van der Waals surface area contributed by atoms with Gasteiger partial charge >= 0.3 is 6.09 Å². The Morgan fingerprint density at radius 1 is 1.40 bits per heavy atom. The Morgan fingerprint density at radius 2 is 2.10 bits per heavy atom. The van der Waals surface area contributed by atoms with E-state index in [1.807, 2.05) is 0 Å². The standard InChI is InChI=1S/C14H22ClNO3Si/c1-20(2,3)9-8-19-14(18)16-12-5-4-11(6-7-17)13(15)10-12/h4-5,10,17H,6-9H2,1-3H3,(H,16,18). The summed E-state index contributed by atoms with van der Waals surface area (Å²) in [6.07, 6.45) is 0.0361. The zero-order valence-electron chi connectivity index (χ0n) is 12.2. The number of rotatable bonds is 6. The topological polar surface area (TPSA) is 58.6 Å². The lowest BCUT2D eigenvalue weighted by molar-refractivity contribution is 0.167. The van der Waals surface area contributed by atoms with Gasteiger partial charge < -0.3 is 9.84 Å². The summed E-state index contributed by atoms with van der Waals surface area (Å²) in [4.78, 5) is 11.6. The van der Waals surface area contributed by atoms with Crippen molar-refractivity contribution in [2.45, 2.75) is 32.1 Å². The average Bonchev–Trinajstić information content (AvgIpc) is 2.31. The van der Waals surface area contributed by atoms with Gasteiger partial charge in [0.1, 0.15) is 0 Å². The van der Waals surface area contributed by atoms with Crippen LogP contribution < -0.4 is 5.32 Å². The van der Waals surface area contributed by atoms with Gasteiger partial charge in [0.25, 0.3) is 0 Å². The van der Waals surface area contributed by atoms with Gasteiger partial charge in [-0.05, 0) is 30.2 Å². The molecule has 1 rings (SSSR count). The number of amides is 1. The zero-order chi connectivity index (χ0) is 15.2. The van der Waals surface area contributed by atoms with Gasteiger partial charge in [-0.3, -0.25) is 5.32 Å². The lowest BCUT2D eigenvalue weighted by Crippen LogP contribution is -2.24. The Hall–Kier alpha value is -1.04. The molecule has 4 nitrogen and oxygen atoms in total. The Morgan fingerprint density at radius 3 is 2.65 bits per heavy atom. The van der Waals surface area contributed by atoms with Crippen LogP contribution >= 0.6 is 11.6 Å². The molecule has 0 fully saturated rings. The van der Waals surface area contributed by atoms with Crippen molar-refractivity contribution < 1.29 is 14.6 Å². The van der Waals surface area contributed by atoms with Crippen LogP contribution in [-0.4, -0.2) is 32.5 Å². The summed E-state index contributed by atoms with van der Waals surface area (Å²) in [6.45, 7) is 7.18. The number of carbonyl (C=O) groups excluding carboxylic acids is 1. The first-order valence-electron chi connectivity index (χ1n) is 6.65. The molecule has 0 spiro atoms. The van der Waals surface area contributed by atoms with Gasteiger partial charge in [0.15, 0.2) is 0 Å². The van der Waals surface area contributed by atoms with E-state index in [-0.39, 0.29) is 6.61 Å². The number of ether oxygens (including phenoxy) is 1. The van der Waals surface area contributed by atoms with Crippen molar-refractivity contribution in [1.82, 2.24) is 0 Å². The first-order chi connectivity index (χ1) is 9.31. The summed E-state index contributed by atoms with van der Waals surface area (Å²) in [5, 5.41) is 12.0. The fourth-order valence-electron chi connectivity index (χ4n) is 1.55. The monoisotopic (exact) mass is 315 g/mol. The van der Waals surface area contributed by atoms with Crippen molar-refractivity contribution in [1.29, 1.82) is 0 Å². The summed E-state index contributed by atoms with van der Waals surface area (Å²) in [7, 11) is -1.19. The molecule has 0 aliphatic carbocycles. The highest BCUT2D eigenvalue weighted by atomic mass is 35.5. The number of aliphatic hydroxyl groups excluding tert-OH is 1. The second-order valence-electron chi connectivity index (χ2n) is 5.85. The van der Waals surface area contributed by atoms with Crippen LogP contribution in [0.5, 0.6) is 0 Å². The molecular weight excluding hydrogens is 294 g/mol. The second kappa shape index (κ2) is 7.66. The van der Waals surface area contributed by atoms with E-state index in [2.05, 4.69) is 25.0 Å². The molecule has 1 aromatic rings. The second-order valence-corrected chi connectivity index (χ2v) is 11.9. The molecule has 0 radical (unpaired) electrons. The average molecular weight is 316 g/mol. The summed E-state index contributed by atoms with van der Waals surface area (Å²) < 4.78 is 5.14. The molecule has 20 heavy (non-hydrogen) atoms. The molecular formula is C14H22ClNO3Si. The molecule has 2 N–H and O–H groups in total. The van der Waals surface area contributed by atoms with Crippen molar-refractivity contribution in [2.24, 2.45) is 0 Å². The van der Waals surface area contributed by atoms with Gasteiger partial charge in [0.2, 0.25) is 0 Å². The summed E-state index contributed by atoms with van der Waals surface area (Å²) in [5.41, 5.74) is 1.45. The molecule has 0 unspecified atom stereocenters. The SMILES string of the molecule is C[Si](C)(C)CCOC(=O)Nc1ccc(CCO)c(Cl)c1. The molecule has 0 aliphatic heterocycles. The molecule has 0 saturated carbocycles. The highest BCUT2D eigenvalue weighted by Gasteiger charge is 2.14. The smallest absolute Gasteiger partial charge is 0.411 e. The lowest BCUT2D eigenvalue weighted by Gasteiger charge is -2.15. The molecule has 0 heterocycles. The first-order valence-corrected chi connectivity index (χ1v) is 10.7.